The van der Waals surface area contributed by atoms with Gasteiger partial charge >= 0.3 is 0 Å². The lowest BCUT2D eigenvalue weighted by Crippen LogP contribution is -2.59. The molecule has 0 fully saturated rings. The van der Waals surface area contributed by atoms with Crippen LogP contribution in [0.5, 0.6) is 34.5 Å². The number of hydrogen-bond acceptors (Lipinski definition) is 3. The highest BCUT2D eigenvalue weighted by Crippen LogP contribution is 2.45. The quantitative estimate of drug-likeness (QED) is 0.183. The predicted octanol–water partition coefficient (Wildman–Crippen LogP) is 8.71. The molecule has 0 spiro atoms. The second kappa shape index (κ2) is 8.69. The maximum absolute atomic E-state index is 6.90. The van der Waals surface area contributed by atoms with Gasteiger partial charge in [-0.15, -0.1) is 0 Å². The van der Waals surface area contributed by atoms with Crippen LogP contribution in [0.25, 0.3) is 55.0 Å². The topological polar surface area (TPSA) is 37.5 Å². The second-order valence-corrected chi connectivity index (χ2v) is 12.8. The van der Waals surface area contributed by atoms with Crippen LogP contribution in [0.4, 0.5) is 0 Å². The van der Waals surface area contributed by atoms with Gasteiger partial charge < -0.3 is 23.3 Å². The molecule has 0 radical (unpaired) electrons. The molecular weight excluding hydrogens is 591 g/mol. The molecule has 0 unspecified atom stereocenters. The highest BCUT2D eigenvalue weighted by Gasteiger charge is 2.47. The van der Waals surface area contributed by atoms with E-state index in [9.17, 15) is 0 Å². The third-order valence-electron chi connectivity index (χ3n) is 10.4. The first-order chi connectivity index (χ1) is 23.8. The van der Waals surface area contributed by atoms with E-state index in [1.54, 1.807) is 0 Å². The molecule has 0 N–H and O–H groups in total. The molecule has 3 aliphatic heterocycles. The molecule has 5 nitrogen and oxygen atoms in total. The Balaban J connectivity index is 1.14. The van der Waals surface area contributed by atoms with Crippen LogP contribution in [0.2, 0.25) is 0 Å². The highest BCUT2D eigenvalue weighted by molar-refractivity contribution is 6.99. The summed E-state index contributed by atoms with van der Waals surface area (Å²) in [5, 5.41) is 4.88. The predicted molar refractivity (Wildman–Crippen MR) is 193 cm³/mol. The Hall–Kier alpha value is -6.40. The average molecular weight is 614 g/mol. The van der Waals surface area contributed by atoms with E-state index in [-0.39, 0.29) is 6.71 Å². The van der Waals surface area contributed by atoms with Gasteiger partial charge in [-0.3, -0.25) is 0 Å². The van der Waals surface area contributed by atoms with Crippen molar-refractivity contribution in [3.63, 3.8) is 0 Å². The minimum Gasteiger partial charge on any atom is -0.458 e. The van der Waals surface area contributed by atoms with Crippen LogP contribution >= 0.6 is 0 Å². The molecule has 7 aromatic carbocycles. The van der Waals surface area contributed by atoms with Gasteiger partial charge in [0.2, 0.25) is 0 Å². The lowest BCUT2D eigenvalue weighted by molar-refractivity contribution is 0.442. The molecule has 9 aromatic rings. The number of ether oxygens (including phenoxy) is 3. The number of hydrogen-bond donors (Lipinski definition) is 0. The van der Waals surface area contributed by atoms with E-state index in [1.807, 2.05) is 30.3 Å². The van der Waals surface area contributed by atoms with Gasteiger partial charge in [0, 0.05) is 43.6 Å². The molecule has 3 aliphatic rings. The fourth-order valence-corrected chi connectivity index (χ4v) is 8.53. The third kappa shape index (κ3) is 2.99. The van der Waals surface area contributed by atoms with Gasteiger partial charge in [0.05, 0.1) is 27.8 Å². The summed E-state index contributed by atoms with van der Waals surface area (Å²) in [7, 11) is 0. The number of aromatic nitrogens is 2. The fraction of sp³-hybridized carbons (Fsp3) is 0. The van der Waals surface area contributed by atoms with E-state index in [4.69, 9.17) is 14.2 Å². The van der Waals surface area contributed by atoms with Crippen LogP contribution in [0.3, 0.4) is 0 Å². The van der Waals surface area contributed by atoms with E-state index < -0.39 is 0 Å². The zero-order valence-electron chi connectivity index (χ0n) is 25.5. The van der Waals surface area contributed by atoms with E-state index >= 15 is 0 Å². The van der Waals surface area contributed by atoms with E-state index in [1.165, 1.54) is 32.6 Å². The molecule has 2 aromatic heterocycles. The second-order valence-electron chi connectivity index (χ2n) is 12.8. The molecule has 0 bridgehead atoms. The minimum atomic E-state index is -0.0430. The zero-order chi connectivity index (χ0) is 31.1. The van der Waals surface area contributed by atoms with Crippen LogP contribution in [0.1, 0.15) is 0 Å². The van der Waals surface area contributed by atoms with Crippen LogP contribution in [0, 0.1) is 0 Å². The molecule has 0 saturated heterocycles. The Morgan fingerprint density at radius 1 is 0.375 bits per heavy atom. The molecule has 0 atom stereocenters. The van der Waals surface area contributed by atoms with Crippen molar-refractivity contribution in [1.29, 1.82) is 0 Å². The monoisotopic (exact) mass is 614 g/mol. The lowest BCUT2D eigenvalue weighted by Gasteiger charge is -2.38. The summed E-state index contributed by atoms with van der Waals surface area (Å²) < 4.78 is 24.6. The van der Waals surface area contributed by atoms with Gasteiger partial charge in [0.1, 0.15) is 34.5 Å². The average Bonchev–Trinajstić information content (AvgIpc) is 3.64. The third-order valence-corrected chi connectivity index (χ3v) is 10.4. The maximum atomic E-state index is 6.90. The van der Waals surface area contributed by atoms with Crippen molar-refractivity contribution in [3.8, 4) is 45.9 Å². The summed E-state index contributed by atoms with van der Waals surface area (Å²) in [5.41, 5.74) is 9.91. The van der Waals surface area contributed by atoms with Crippen molar-refractivity contribution in [2.75, 3.05) is 0 Å². The molecule has 48 heavy (non-hydrogen) atoms. The Morgan fingerprint density at radius 3 is 1.50 bits per heavy atom. The molecule has 6 heteroatoms. The van der Waals surface area contributed by atoms with Crippen molar-refractivity contribution in [2.24, 2.45) is 0 Å². The molecular formula is C42H23BN2O3. The number of nitrogens with zero attached hydrogens (tertiary/aromatic N) is 2. The van der Waals surface area contributed by atoms with Crippen LogP contribution in [0.15, 0.2) is 140 Å². The number of para-hydroxylation sites is 3. The van der Waals surface area contributed by atoms with E-state index in [0.29, 0.717) is 0 Å². The Bertz CT molecular complexity index is 2810. The van der Waals surface area contributed by atoms with E-state index in [0.717, 1.165) is 73.3 Å². The first kappa shape index (κ1) is 24.8. The van der Waals surface area contributed by atoms with Crippen LogP contribution < -0.4 is 30.6 Å². The summed E-state index contributed by atoms with van der Waals surface area (Å²) >= 11 is 0. The Labute approximate surface area is 274 Å². The molecule has 222 valence electrons. The smallest absolute Gasteiger partial charge is 0.270 e. The van der Waals surface area contributed by atoms with Crippen molar-refractivity contribution in [2.45, 2.75) is 0 Å². The molecule has 0 saturated carbocycles. The molecule has 5 heterocycles. The van der Waals surface area contributed by atoms with Crippen LogP contribution in [-0.2, 0) is 0 Å². The summed E-state index contributed by atoms with van der Waals surface area (Å²) in [6.45, 7) is -0.0430. The summed E-state index contributed by atoms with van der Waals surface area (Å²) in [5.74, 6) is 4.96. The number of fused-ring (bicyclic) bond motifs is 6. The number of benzene rings is 7. The largest absolute Gasteiger partial charge is 0.458 e. The van der Waals surface area contributed by atoms with Crippen molar-refractivity contribution < 1.29 is 14.2 Å². The van der Waals surface area contributed by atoms with Gasteiger partial charge in [0.15, 0.2) is 0 Å². The van der Waals surface area contributed by atoms with Gasteiger partial charge in [0.25, 0.3) is 6.71 Å². The summed E-state index contributed by atoms with van der Waals surface area (Å²) in [6, 6.07) is 49.2. The molecule has 12 rings (SSSR count). The van der Waals surface area contributed by atoms with Crippen molar-refractivity contribution in [3.05, 3.63) is 140 Å². The standard InChI is InChI=1S/C42H23BN2O3/c1-4-12-29-25(9-1)26-10-2-5-13-30(26)44(29)24-19-20-32-28(23-24)27-11-3-6-14-31(27)45(32)33-21-22-38-41-42(33)48-37-18-8-17-36-40(37)43(41)39-34(46-36)15-7-16-35(39)47-38/h1-23H. The van der Waals surface area contributed by atoms with Crippen molar-refractivity contribution in [1.82, 2.24) is 9.13 Å². The van der Waals surface area contributed by atoms with E-state index in [2.05, 4.69) is 118 Å². The van der Waals surface area contributed by atoms with Crippen molar-refractivity contribution >= 4 is 66.7 Å². The normalized spacial score (nSPS) is 13.5. The first-order valence-corrected chi connectivity index (χ1v) is 16.3. The minimum absolute atomic E-state index is 0.0430. The van der Waals surface area contributed by atoms with Crippen LogP contribution in [-0.4, -0.2) is 15.8 Å². The SMILES string of the molecule is c1cc2c3c(c1)Oc1ccc(-n4c5ccccc5c5cc(-n6c7ccccc7c7ccccc76)ccc54)c4c1B3c1c(cccc1O4)O2. The molecule has 0 aliphatic carbocycles. The lowest BCUT2D eigenvalue weighted by atomic mass is 9.34. The highest BCUT2D eigenvalue weighted by atomic mass is 16.5. The van der Waals surface area contributed by atoms with Gasteiger partial charge in [-0.05, 0) is 72.8 Å². The van der Waals surface area contributed by atoms with Gasteiger partial charge in [-0.1, -0.05) is 66.7 Å². The Kier molecular flexibility index (Phi) is 4.49. The number of rotatable bonds is 2. The van der Waals surface area contributed by atoms with Gasteiger partial charge in [-0.25, -0.2) is 0 Å². The molecule has 0 amide bonds. The zero-order valence-corrected chi connectivity index (χ0v) is 25.5. The van der Waals surface area contributed by atoms with Gasteiger partial charge in [-0.2, -0.15) is 0 Å². The Morgan fingerprint density at radius 2 is 0.875 bits per heavy atom. The summed E-state index contributed by atoms with van der Waals surface area (Å²) in [4.78, 5) is 0. The first-order valence-electron chi connectivity index (χ1n) is 16.3. The maximum Gasteiger partial charge on any atom is 0.270 e. The fourth-order valence-electron chi connectivity index (χ4n) is 8.53. The summed E-state index contributed by atoms with van der Waals surface area (Å²) in [6.07, 6.45) is 0.